The predicted octanol–water partition coefficient (Wildman–Crippen LogP) is 0.229. The first kappa shape index (κ1) is 10.4. The van der Waals surface area contributed by atoms with Gasteiger partial charge in [0.05, 0.1) is 11.3 Å². The molecule has 0 amide bonds. The number of halogens is 1. The van der Waals surface area contributed by atoms with E-state index in [1.54, 1.807) is 0 Å². The number of nitrogens with two attached hydrogens (primary N) is 1. The van der Waals surface area contributed by atoms with E-state index in [1.807, 2.05) is 0 Å². The highest BCUT2D eigenvalue weighted by molar-refractivity contribution is 5.77. The van der Waals surface area contributed by atoms with Gasteiger partial charge >= 0.3 is 5.97 Å². The summed E-state index contributed by atoms with van der Waals surface area (Å²) in [7, 11) is 0. The summed E-state index contributed by atoms with van der Waals surface area (Å²) < 4.78 is 13.1. The van der Waals surface area contributed by atoms with Crippen LogP contribution < -0.4 is 11.3 Å². The van der Waals surface area contributed by atoms with Crippen molar-refractivity contribution in [2.45, 2.75) is 6.10 Å². The number of nitrogens with one attached hydrogen (secondary N) is 1. The summed E-state index contributed by atoms with van der Waals surface area (Å²) in [5.41, 5.74) is 1.78. The summed E-state index contributed by atoms with van der Waals surface area (Å²) in [5, 5.41) is 17.7. The fourth-order valence-electron chi connectivity index (χ4n) is 1.06. The normalized spacial score (nSPS) is 12.2. The topological polar surface area (TPSA) is 95.6 Å². The molecule has 0 spiro atoms. The van der Waals surface area contributed by atoms with Crippen molar-refractivity contribution < 1.29 is 19.4 Å². The fourth-order valence-corrected chi connectivity index (χ4v) is 1.06. The molecule has 0 aromatic heterocycles. The van der Waals surface area contributed by atoms with Crippen LogP contribution in [0.2, 0.25) is 0 Å². The molecule has 0 saturated carbocycles. The SMILES string of the molecule is NNc1cccc(F)c1C(O)C(=O)O. The maximum absolute atomic E-state index is 13.1. The second-order valence-corrected chi connectivity index (χ2v) is 2.59. The minimum Gasteiger partial charge on any atom is -0.479 e. The molecule has 1 rings (SSSR count). The van der Waals surface area contributed by atoms with Crippen LogP contribution in [0.3, 0.4) is 0 Å². The second kappa shape index (κ2) is 4.03. The number of carboxylic acid groups (broad SMARTS) is 1. The molecular formula is C8H9FN2O3. The zero-order valence-corrected chi connectivity index (χ0v) is 7.07. The Hall–Kier alpha value is -1.66. The molecule has 14 heavy (non-hydrogen) atoms. The standard InChI is InChI=1S/C8H9FN2O3/c9-4-2-1-3-5(11-10)6(4)7(12)8(13)14/h1-3,7,11-12H,10H2,(H,13,14). The third-order valence-electron chi connectivity index (χ3n) is 1.72. The summed E-state index contributed by atoms with van der Waals surface area (Å²) >= 11 is 0. The number of aliphatic hydroxyl groups is 1. The van der Waals surface area contributed by atoms with Gasteiger partial charge in [0, 0.05) is 0 Å². The fraction of sp³-hybridized carbons (Fsp3) is 0.125. The molecule has 0 saturated heterocycles. The van der Waals surface area contributed by atoms with Crippen LogP contribution in [-0.4, -0.2) is 16.2 Å². The Kier molecular flexibility index (Phi) is 3.00. The van der Waals surface area contributed by atoms with Gasteiger partial charge in [0.2, 0.25) is 0 Å². The van der Waals surface area contributed by atoms with Gasteiger partial charge in [-0.3, -0.25) is 5.84 Å². The number of aliphatic hydroxyl groups excluding tert-OH is 1. The van der Waals surface area contributed by atoms with Crippen molar-refractivity contribution in [3.05, 3.63) is 29.6 Å². The van der Waals surface area contributed by atoms with Crippen molar-refractivity contribution in [3.63, 3.8) is 0 Å². The van der Waals surface area contributed by atoms with E-state index >= 15 is 0 Å². The highest BCUT2D eigenvalue weighted by Crippen LogP contribution is 2.25. The summed E-state index contributed by atoms with van der Waals surface area (Å²) in [5.74, 6) is 2.68. The molecule has 76 valence electrons. The lowest BCUT2D eigenvalue weighted by Crippen LogP contribution is -2.17. The Morgan fingerprint density at radius 2 is 2.21 bits per heavy atom. The summed E-state index contributed by atoms with van der Waals surface area (Å²) in [6.45, 7) is 0. The third-order valence-corrected chi connectivity index (χ3v) is 1.72. The quantitative estimate of drug-likeness (QED) is 0.413. The maximum atomic E-state index is 13.1. The minimum atomic E-state index is -1.93. The highest BCUT2D eigenvalue weighted by atomic mass is 19.1. The molecule has 0 heterocycles. The lowest BCUT2D eigenvalue weighted by Gasteiger charge is -2.12. The predicted molar refractivity (Wildman–Crippen MR) is 46.8 cm³/mol. The Morgan fingerprint density at radius 1 is 1.57 bits per heavy atom. The number of carbonyl (C=O) groups is 1. The monoisotopic (exact) mass is 200 g/mol. The molecular weight excluding hydrogens is 191 g/mol. The Bertz CT molecular complexity index is 356. The molecule has 1 aromatic rings. The third kappa shape index (κ3) is 1.81. The lowest BCUT2D eigenvalue weighted by molar-refractivity contribution is -0.147. The number of benzene rings is 1. The van der Waals surface area contributed by atoms with Gasteiger partial charge in [-0.05, 0) is 12.1 Å². The van der Waals surface area contributed by atoms with Gasteiger partial charge in [-0.1, -0.05) is 6.07 Å². The molecule has 0 aliphatic heterocycles. The molecule has 5 N–H and O–H groups in total. The minimum absolute atomic E-state index is 0.0416. The highest BCUT2D eigenvalue weighted by Gasteiger charge is 2.23. The van der Waals surface area contributed by atoms with Crippen LogP contribution in [0, 0.1) is 5.82 Å². The van der Waals surface area contributed by atoms with E-state index < -0.39 is 17.9 Å². The first-order chi connectivity index (χ1) is 6.57. The van der Waals surface area contributed by atoms with Crippen LogP contribution in [-0.2, 0) is 4.79 Å². The summed E-state index contributed by atoms with van der Waals surface area (Å²) in [6.07, 6.45) is -1.93. The number of hydrogen-bond acceptors (Lipinski definition) is 4. The number of nitrogen functional groups attached to an aromatic ring is 1. The van der Waals surface area contributed by atoms with Crippen molar-refractivity contribution in [3.8, 4) is 0 Å². The molecule has 0 fully saturated rings. The molecule has 0 aliphatic rings. The number of carboxylic acids is 1. The van der Waals surface area contributed by atoms with E-state index in [2.05, 4.69) is 5.43 Å². The Labute approximate surface area is 78.9 Å². The van der Waals surface area contributed by atoms with Crippen molar-refractivity contribution >= 4 is 11.7 Å². The van der Waals surface area contributed by atoms with Gasteiger partial charge in [-0.2, -0.15) is 0 Å². The smallest absolute Gasteiger partial charge is 0.337 e. The van der Waals surface area contributed by atoms with Crippen molar-refractivity contribution in [1.29, 1.82) is 0 Å². The van der Waals surface area contributed by atoms with Gasteiger partial charge in [0.1, 0.15) is 5.82 Å². The Balaban J connectivity index is 3.23. The molecule has 0 bridgehead atoms. The molecule has 6 heteroatoms. The number of rotatable bonds is 3. The van der Waals surface area contributed by atoms with E-state index in [4.69, 9.17) is 16.1 Å². The van der Waals surface area contributed by atoms with E-state index in [9.17, 15) is 9.18 Å². The van der Waals surface area contributed by atoms with Gasteiger partial charge in [0.25, 0.3) is 0 Å². The van der Waals surface area contributed by atoms with Gasteiger partial charge in [-0.15, -0.1) is 0 Å². The van der Waals surface area contributed by atoms with Crippen molar-refractivity contribution in [2.75, 3.05) is 5.43 Å². The van der Waals surface area contributed by atoms with E-state index in [1.165, 1.54) is 12.1 Å². The first-order valence-corrected chi connectivity index (χ1v) is 3.73. The summed E-state index contributed by atoms with van der Waals surface area (Å²) in [6, 6.07) is 3.76. The first-order valence-electron chi connectivity index (χ1n) is 3.73. The zero-order valence-electron chi connectivity index (χ0n) is 7.07. The van der Waals surface area contributed by atoms with Crippen LogP contribution in [0.4, 0.5) is 10.1 Å². The number of aliphatic carboxylic acids is 1. The lowest BCUT2D eigenvalue weighted by atomic mass is 10.1. The van der Waals surface area contributed by atoms with E-state index in [0.29, 0.717) is 0 Å². The van der Waals surface area contributed by atoms with Crippen molar-refractivity contribution in [1.82, 2.24) is 0 Å². The number of hydrazine groups is 1. The van der Waals surface area contributed by atoms with Crippen LogP contribution in [0.5, 0.6) is 0 Å². The van der Waals surface area contributed by atoms with Crippen LogP contribution in [0.1, 0.15) is 11.7 Å². The molecule has 5 nitrogen and oxygen atoms in total. The Morgan fingerprint density at radius 3 is 2.71 bits per heavy atom. The van der Waals surface area contributed by atoms with Gasteiger partial charge in [-0.25, -0.2) is 9.18 Å². The van der Waals surface area contributed by atoms with E-state index in [0.717, 1.165) is 6.07 Å². The van der Waals surface area contributed by atoms with Crippen LogP contribution in [0.25, 0.3) is 0 Å². The second-order valence-electron chi connectivity index (χ2n) is 2.59. The van der Waals surface area contributed by atoms with Crippen molar-refractivity contribution in [2.24, 2.45) is 5.84 Å². The zero-order chi connectivity index (χ0) is 10.7. The van der Waals surface area contributed by atoms with Gasteiger partial charge in [0.15, 0.2) is 6.10 Å². The average Bonchev–Trinajstić information content (AvgIpc) is 2.16. The average molecular weight is 200 g/mol. The molecule has 1 atom stereocenters. The molecule has 1 unspecified atom stereocenters. The number of hydrogen-bond donors (Lipinski definition) is 4. The van der Waals surface area contributed by atoms with Crippen LogP contribution in [0.15, 0.2) is 18.2 Å². The maximum Gasteiger partial charge on any atom is 0.337 e. The molecule has 0 aliphatic carbocycles. The van der Waals surface area contributed by atoms with Gasteiger partial charge < -0.3 is 15.6 Å². The largest absolute Gasteiger partial charge is 0.479 e. The van der Waals surface area contributed by atoms with Crippen LogP contribution >= 0.6 is 0 Å². The number of anilines is 1. The van der Waals surface area contributed by atoms with E-state index in [-0.39, 0.29) is 11.3 Å². The summed E-state index contributed by atoms with van der Waals surface area (Å²) in [4.78, 5) is 10.4. The molecule has 0 radical (unpaired) electrons. The molecule has 1 aromatic carbocycles.